The second-order valence-corrected chi connectivity index (χ2v) is 4.89. The van der Waals surface area contributed by atoms with Gasteiger partial charge in [-0.2, -0.15) is 5.10 Å². The highest BCUT2D eigenvalue weighted by molar-refractivity contribution is 5.92. The van der Waals surface area contributed by atoms with Gasteiger partial charge in [-0.15, -0.1) is 0 Å². The van der Waals surface area contributed by atoms with Crippen LogP contribution in [0.25, 0.3) is 5.69 Å². The molecule has 3 N–H and O–H groups in total. The fraction of sp³-hybridized carbons (Fsp3) is 0.333. The molecule has 0 saturated carbocycles. The number of amides is 1. The fourth-order valence-corrected chi connectivity index (χ4v) is 1.82. The number of nitrogen functional groups attached to an aromatic ring is 1. The van der Waals surface area contributed by atoms with Gasteiger partial charge in [-0.3, -0.25) is 4.79 Å². The highest BCUT2D eigenvalue weighted by Gasteiger charge is 2.09. The molecule has 0 aliphatic heterocycles. The summed E-state index contributed by atoms with van der Waals surface area (Å²) in [5, 5.41) is 7.14. The van der Waals surface area contributed by atoms with Crippen LogP contribution in [-0.2, 0) is 0 Å². The summed E-state index contributed by atoms with van der Waals surface area (Å²) >= 11 is 0. The molecule has 0 unspecified atom stereocenters. The van der Waals surface area contributed by atoms with Gasteiger partial charge in [-0.25, -0.2) is 4.68 Å². The second-order valence-electron chi connectivity index (χ2n) is 4.89. The predicted molar refractivity (Wildman–Crippen MR) is 83.5 cm³/mol. The first kappa shape index (κ1) is 15.1. The zero-order chi connectivity index (χ0) is 15.2. The Morgan fingerprint density at radius 1 is 1.33 bits per heavy atom. The lowest BCUT2D eigenvalue weighted by Gasteiger charge is -2.13. The first-order valence-corrected chi connectivity index (χ1v) is 6.98. The molecule has 6 heteroatoms. The summed E-state index contributed by atoms with van der Waals surface area (Å²) in [6.45, 7) is 4.47. The maximum Gasteiger partial charge on any atom is 0.271 e. The number of rotatable bonds is 6. The fourth-order valence-electron chi connectivity index (χ4n) is 1.82. The topological polar surface area (TPSA) is 76.2 Å². The van der Waals surface area contributed by atoms with E-state index in [1.54, 1.807) is 29.1 Å². The van der Waals surface area contributed by atoms with Gasteiger partial charge >= 0.3 is 0 Å². The Hall–Kier alpha value is -2.34. The normalized spacial score (nSPS) is 10.8. The molecule has 112 valence electrons. The Kier molecular flexibility index (Phi) is 4.94. The molecule has 1 heterocycles. The first-order chi connectivity index (χ1) is 10.1. The van der Waals surface area contributed by atoms with Gasteiger partial charge in [-0.1, -0.05) is 6.92 Å². The molecule has 2 rings (SSSR count). The number of anilines is 1. The van der Waals surface area contributed by atoms with E-state index in [-0.39, 0.29) is 5.91 Å². The van der Waals surface area contributed by atoms with E-state index in [4.69, 9.17) is 5.73 Å². The molecular weight excluding hydrogens is 266 g/mol. The lowest BCUT2D eigenvalue weighted by molar-refractivity contribution is 0.0944. The highest BCUT2D eigenvalue weighted by Crippen LogP contribution is 2.10. The molecule has 0 radical (unpaired) electrons. The third-order valence-corrected chi connectivity index (χ3v) is 3.30. The number of aromatic nitrogens is 2. The Bertz CT molecular complexity index is 590. The summed E-state index contributed by atoms with van der Waals surface area (Å²) in [6, 6.07) is 9.03. The minimum atomic E-state index is -0.159. The van der Waals surface area contributed by atoms with Crippen molar-refractivity contribution in [2.45, 2.75) is 6.92 Å². The summed E-state index contributed by atoms with van der Waals surface area (Å²) in [6.07, 6.45) is 1.76. The number of hydrogen-bond acceptors (Lipinski definition) is 4. The summed E-state index contributed by atoms with van der Waals surface area (Å²) in [4.78, 5) is 14.1. The molecule has 0 fully saturated rings. The van der Waals surface area contributed by atoms with Crippen molar-refractivity contribution >= 4 is 11.6 Å². The van der Waals surface area contributed by atoms with E-state index in [1.165, 1.54) is 0 Å². The van der Waals surface area contributed by atoms with E-state index in [0.717, 1.165) is 18.8 Å². The molecule has 6 nitrogen and oxygen atoms in total. The van der Waals surface area contributed by atoms with Crippen LogP contribution in [0.1, 0.15) is 17.4 Å². The van der Waals surface area contributed by atoms with Crippen LogP contribution in [0.15, 0.2) is 36.5 Å². The van der Waals surface area contributed by atoms with Gasteiger partial charge in [0, 0.05) is 25.0 Å². The molecule has 1 aromatic heterocycles. The molecule has 21 heavy (non-hydrogen) atoms. The molecular formula is C15H21N5O. The third-order valence-electron chi connectivity index (χ3n) is 3.30. The number of likely N-dealkylation sites (N-methyl/N-ethyl adjacent to an activating group) is 1. The van der Waals surface area contributed by atoms with Crippen LogP contribution >= 0.6 is 0 Å². The van der Waals surface area contributed by atoms with Crippen LogP contribution in [0.4, 0.5) is 5.69 Å². The summed E-state index contributed by atoms with van der Waals surface area (Å²) in [5.41, 5.74) is 7.63. The van der Waals surface area contributed by atoms with Crippen LogP contribution in [0.3, 0.4) is 0 Å². The van der Waals surface area contributed by atoms with Crippen molar-refractivity contribution in [3.05, 3.63) is 42.2 Å². The molecule has 1 aromatic carbocycles. The Labute approximate surface area is 124 Å². The Balaban J connectivity index is 1.96. The highest BCUT2D eigenvalue weighted by atomic mass is 16.1. The zero-order valence-electron chi connectivity index (χ0n) is 12.4. The lowest BCUT2D eigenvalue weighted by Crippen LogP contribution is -2.33. The maximum atomic E-state index is 12.0. The average Bonchev–Trinajstić information content (AvgIpc) is 2.97. The number of nitrogens with two attached hydrogens (primary N) is 1. The first-order valence-electron chi connectivity index (χ1n) is 6.98. The van der Waals surface area contributed by atoms with Crippen LogP contribution < -0.4 is 11.1 Å². The quantitative estimate of drug-likeness (QED) is 0.781. The third kappa shape index (κ3) is 4.06. The van der Waals surface area contributed by atoms with Gasteiger partial charge in [0.15, 0.2) is 5.69 Å². The molecule has 0 spiro atoms. The van der Waals surface area contributed by atoms with Gasteiger partial charge in [0.05, 0.1) is 5.69 Å². The number of nitrogens with zero attached hydrogens (tertiary/aromatic N) is 3. The number of hydrogen-bond donors (Lipinski definition) is 2. The molecule has 2 aromatic rings. The van der Waals surface area contributed by atoms with Crippen molar-refractivity contribution in [3.63, 3.8) is 0 Å². The standard InChI is InChI=1S/C15H21N5O/c1-3-19(2)11-9-17-15(21)14-8-10-20(18-14)13-6-4-12(16)5-7-13/h4-8,10H,3,9,11,16H2,1-2H3,(H,17,21). The van der Waals surface area contributed by atoms with Crippen LogP contribution in [0.5, 0.6) is 0 Å². The van der Waals surface area contributed by atoms with Gasteiger partial charge < -0.3 is 16.0 Å². The van der Waals surface area contributed by atoms with E-state index in [1.807, 2.05) is 19.2 Å². The summed E-state index contributed by atoms with van der Waals surface area (Å²) in [7, 11) is 2.02. The Morgan fingerprint density at radius 3 is 2.71 bits per heavy atom. The lowest BCUT2D eigenvalue weighted by atomic mass is 10.3. The van der Waals surface area contributed by atoms with E-state index in [9.17, 15) is 4.79 Å². The van der Waals surface area contributed by atoms with Crippen LogP contribution in [0.2, 0.25) is 0 Å². The summed E-state index contributed by atoms with van der Waals surface area (Å²) < 4.78 is 1.66. The molecule has 1 amide bonds. The van der Waals surface area contributed by atoms with Gasteiger partial charge in [-0.05, 0) is 43.9 Å². The zero-order valence-corrected chi connectivity index (χ0v) is 12.4. The van der Waals surface area contributed by atoms with Crippen LogP contribution in [-0.4, -0.2) is 47.3 Å². The monoisotopic (exact) mass is 287 g/mol. The summed E-state index contributed by atoms with van der Waals surface area (Å²) in [5.74, 6) is -0.159. The van der Waals surface area contributed by atoms with Crippen molar-refractivity contribution in [2.75, 3.05) is 32.4 Å². The molecule has 0 aliphatic carbocycles. The predicted octanol–water partition coefficient (Wildman–Crippen LogP) is 1.14. The van der Waals surface area contributed by atoms with Gasteiger partial charge in [0.25, 0.3) is 5.91 Å². The average molecular weight is 287 g/mol. The minimum absolute atomic E-state index is 0.159. The number of benzene rings is 1. The van der Waals surface area contributed by atoms with Gasteiger partial charge in [0.1, 0.15) is 0 Å². The molecule has 0 atom stereocenters. The van der Waals surface area contributed by atoms with Crippen molar-refractivity contribution in [1.82, 2.24) is 20.0 Å². The SMILES string of the molecule is CCN(C)CCNC(=O)c1ccn(-c2ccc(N)cc2)n1. The smallest absolute Gasteiger partial charge is 0.271 e. The number of carbonyl (C=O) groups is 1. The van der Waals surface area contributed by atoms with Crippen molar-refractivity contribution in [1.29, 1.82) is 0 Å². The maximum absolute atomic E-state index is 12.0. The number of nitrogens with one attached hydrogen (secondary N) is 1. The van der Waals surface area contributed by atoms with E-state index >= 15 is 0 Å². The van der Waals surface area contributed by atoms with Crippen molar-refractivity contribution in [3.8, 4) is 5.69 Å². The molecule has 0 aliphatic rings. The Morgan fingerprint density at radius 2 is 2.05 bits per heavy atom. The minimum Gasteiger partial charge on any atom is -0.399 e. The van der Waals surface area contributed by atoms with E-state index in [2.05, 4.69) is 22.2 Å². The van der Waals surface area contributed by atoms with E-state index < -0.39 is 0 Å². The molecule has 0 bridgehead atoms. The van der Waals surface area contributed by atoms with Crippen molar-refractivity contribution < 1.29 is 4.79 Å². The van der Waals surface area contributed by atoms with E-state index in [0.29, 0.717) is 17.9 Å². The van der Waals surface area contributed by atoms with Crippen molar-refractivity contribution in [2.24, 2.45) is 0 Å². The largest absolute Gasteiger partial charge is 0.399 e. The number of carbonyl (C=O) groups excluding carboxylic acids is 1. The van der Waals surface area contributed by atoms with Crippen LogP contribution in [0, 0.1) is 0 Å². The molecule has 0 saturated heterocycles. The van der Waals surface area contributed by atoms with Gasteiger partial charge in [0.2, 0.25) is 0 Å². The second kappa shape index (κ2) is 6.90.